The van der Waals surface area contributed by atoms with Crippen molar-refractivity contribution in [2.24, 2.45) is 0 Å². The molecule has 3 aliphatic heterocycles. The van der Waals surface area contributed by atoms with Crippen molar-refractivity contribution in [2.45, 2.75) is 139 Å². The Morgan fingerprint density at radius 2 is 1.44 bits per heavy atom. The number of hydrogen-bond donors (Lipinski definition) is 3. The standard InChI is InChI=1S/C47H63N3O15S3/c1-32(14-20-40-46(7,23-11-29-66(54,55)56)36-31-34(68(60,61)62)16-18-38(36)49(40)45(5,6)24-28-64-44(2,3)4)13-19-39-47(8,25-27-63-9)35-30-33(67(57,58)59)15-17-37(35)48(39)26-10-12-43(53)65-50-41(51)21-22-42(50)52/h13-20,30-31H,10-12,21-29H2,1-9H3,(H2-,54,55,56,57,58,59,60,61,62)/p+1. The summed E-state index contributed by atoms with van der Waals surface area (Å²) in [5, 5.41) is 0.488. The van der Waals surface area contributed by atoms with Crippen LogP contribution in [0.4, 0.5) is 11.4 Å². The fourth-order valence-electron chi connectivity index (χ4n) is 8.99. The third-order valence-corrected chi connectivity index (χ3v) is 15.1. The Kier molecular flexibility index (Phi) is 16.3. The second kappa shape index (κ2) is 20.4. The molecule has 2 aromatic rings. The highest BCUT2D eigenvalue weighted by Crippen LogP contribution is 2.54. The van der Waals surface area contributed by atoms with Crippen LogP contribution < -0.4 is 4.90 Å². The van der Waals surface area contributed by atoms with Crippen molar-refractivity contribution >= 4 is 65.2 Å². The first-order valence-corrected chi connectivity index (χ1v) is 26.7. The molecule has 2 aromatic carbocycles. The third-order valence-electron chi connectivity index (χ3n) is 12.6. The van der Waals surface area contributed by atoms with Gasteiger partial charge in [-0.15, -0.1) is 5.06 Å². The van der Waals surface area contributed by atoms with Crippen LogP contribution in [0.2, 0.25) is 0 Å². The van der Waals surface area contributed by atoms with Crippen LogP contribution in [0, 0.1) is 0 Å². The third kappa shape index (κ3) is 12.6. The van der Waals surface area contributed by atoms with Crippen molar-refractivity contribution in [3.63, 3.8) is 0 Å². The topological polar surface area (TPSA) is 251 Å². The first-order valence-electron chi connectivity index (χ1n) is 22.2. The molecule has 374 valence electrons. The van der Waals surface area contributed by atoms with Crippen molar-refractivity contribution in [3.8, 4) is 0 Å². The molecule has 1 fully saturated rings. The van der Waals surface area contributed by atoms with Crippen LogP contribution in [0.15, 0.2) is 81.8 Å². The van der Waals surface area contributed by atoms with Gasteiger partial charge in [-0.25, -0.2) is 4.79 Å². The second-order valence-corrected chi connectivity index (χ2v) is 23.9. The molecule has 3 N–H and O–H groups in total. The van der Waals surface area contributed by atoms with Crippen LogP contribution in [0.3, 0.4) is 0 Å². The Morgan fingerprint density at radius 1 is 0.838 bits per heavy atom. The van der Waals surface area contributed by atoms with Gasteiger partial charge in [-0.05, 0) is 123 Å². The normalized spacial score (nSPS) is 21.2. The lowest BCUT2D eigenvalue weighted by Gasteiger charge is -2.42. The Labute approximate surface area is 399 Å². The summed E-state index contributed by atoms with van der Waals surface area (Å²) in [6, 6.07) is 8.60. The van der Waals surface area contributed by atoms with Gasteiger partial charge < -0.3 is 19.2 Å². The highest BCUT2D eigenvalue weighted by Gasteiger charge is 2.50. The number of fused-ring (bicyclic) bond motifs is 2. The summed E-state index contributed by atoms with van der Waals surface area (Å²) >= 11 is 0. The maximum Gasteiger partial charge on any atom is 0.333 e. The van der Waals surface area contributed by atoms with Crippen molar-refractivity contribution in [3.05, 3.63) is 83.1 Å². The lowest BCUT2D eigenvalue weighted by Crippen LogP contribution is -2.45. The fourth-order valence-corrected chi connectivity index (χ4v) is 10.5. The molecule has 0 radical (unpaired) electrons. The minimum absolute atomic E-state index is 0.00646. The molecule has 0 spiro atoms. The van der Waals surface area contributed by atoms with Crippen LogP contribution in [0.1, 0.15) is 118 Å². The fraction of sp³-hybridized carbons (Fsp3) is 0.532. The maximum absolute atomic E-state index is 12.9. The molecule has 0 bridgehead atoms. The van der Waals surface area contributed by atoms with E-state index in [4.69, 9.17) is 14.3 Å². The van der Waals surface area contributed by atoms with E-state index in [0.717, 1.165) is 0 Å². The number of amides is 2. The minimum Gasteiger partial charge on any atom is -0.385 e. The lowest BCUT2D eigenvalue weighted by atomic mass is 9.76. The van der Waals surface area contributed by atoms with E-state index in [9.17, 15) is 53.3 Å². The number of hydroxylamine groups is 2. The van der Waals surface area contributed by atoms with E-state index < -0.39 is 75.9 Å². The zero-order valence-electron chi connectivity index (χ0n) is 40.1. The van der Waals surface area contributed by atoms with Gasteiger partial charge in [0.25, 0.3) is 42.2 Å². The Morgan fingerprint density at radius 3 is 2.01 bits per heavy atom. The largest absolute Gasteiger partial charge is 0.385 e. The van der Waals surface area contributed by atoms with E-state index in [2.05, 4.69) is 4.90 Å². The lowest BCUT2D eigenvalue weighted by molar-refractivity contribution is -0.438. The maximum atomic E-state index is 12.9. The van der Waals surface area contributed by atoms with Gasteiger partial charge in [-0.3, -0.25) is 23.2 Å². The molecular weight excluding hydrogens is 943 g/mol. The molecule has 0 aliphatic carbocycles. The zero-order chi connectivity index (χ0) is 50.8. The van der Waals surface area contributed by atoms with Gasteiger partial charge in [0.05, 0.1) is 33.0 Å². The smallest absolute Gasteiger partial charge is 0.333 e. The molecule has 0 aromatic heterocycles. The van der Waals surface area contributed by atoms with Crippen LogP contribution in [0.5, 0.6) is 0 Å². The van der Waals surface area contributed by atoms with E-state index in [1.165, 1.54) is 31.4 Å². The Hall–Kier alpha value is -4.61. The average Bonchev–Trinajstić information content (AvgIpc) is 3.76. The molecule has 0 saturated carbocycles. The Balaban J connectivity index is 1.63. The number of carbonyl (C=O) groups excluding carboxylic acids is 3. The summed E-state index contributed by atoms with van der Waals surface area (Å²) < 4.78 is 117. The van der Waals surface area contributed by atoms with Crippen LogP contribution in [0.25, 0.3) is 0 Å². The van der Waals surface area contributed by atoms with E-state index in [1.807, 2.05) is 84.3 Å². The Bertz CT molecular complexity index is 2770. The summed E-state index contributed by atoms with van der Waals surface area (Å²) in [5.74, 6) is -2.54. The number of hydrogen-bond acceptors (Lipinski definition) is 13. The van der Waals surface area contributed by atoms with E-state index >= 15 is 0 Å². The number of anilines is 1. The van der Waals surface area contributed by atoms with Gasteiger partial charge in [0, 0.05) is 79.6 Å². The molecular formula is C47H64N3O15S3+. The second-order valence-electron chi connectivity index (χ2n) is 19.4. The predicted octanol–water partition coefficient (Wildman–Crippen LogP) is 6.78. The molecule has 1 saturated heterocycles. The summed E-state index contributed by atoms with van der Waals surface area (Å²) in [7, 11) is -12.1. The number of benzene rings is 2. The number of imide groups is 1. The summed E-state index contributed by atoms with van der Waals surface area (Å²) in [4.78, 5) is 43.5. The van der Waals surface area contributed by atoms with Crippen LogP contribution in [-0.4, -0.2) is 116 Å². The molecule has 21 heteroatoms. The zero-order valence-corrected chi connectivity index (χ0v) is 42.5. The highest BCUT2D eigenvalue weighted by atomic mass is 32.2. The van der Waals surface area contributed by atoms with Crippen LogP contribution in [-0.2, 0) is 69.9 Å². The van der Waals surface area contributed by atoms with Gasteiger partial charge in [0.15, 0.2) is 5.71 Å². The van der Waals surface area contributed by atoms with Gasteiger partial charge >= 0.3 is 5.97 Å². The number of carbonyl (C=O) groups is 3. The van der Waals surface area contributed by atoms with Crippen molar-refractivity contribution in [2.75, 3.05) is 37.5 Å². The van der Waals surface area contributed by atoms with Gasteiger partial charge in [-0.1, -0.05) is 17.7 Å². The summed E-state index contributed by atoms with van der Waals surface area (Å²) in [6.45, 7) is 16.3. The molecule has 68 heavy (non-hydrogen) atoms. The first-order chi connectivity index (χ1) is 31.3. The van der Waals surface area contributed by atoms with Crippen molar-refractivity contribution < 1.29 is 72.2 Å². The number of rotatable bonds is 21. The van der Waals surface area contributed by atoms with Gasteiger partial charge in [0.1, 0.15) is 6.54 Å². The minimum atomic E-state index is -4.65. The number of ether oxygens (including phenoxy) is 2. The van der Waals surface area contributed by atoms with E-state index in [0.29, 0.717) is 64.0 Å². The molecule has 2 amide bonds. The number of allylic oxidation sites excluding steroid dienone is 6. The predicted molar refractivity (Wildman–Crippen MR) is 253 cm³/mol. The summed E-state index contributed by atoms with van der Waals surface area (Å²) in [5.41, 5.74) is 1.34. The highest BCUT2D eigenvalue weighted by molar-refractivity contribution is 7.86. The van der Waals surface area contributed by atoms with E-state index in [1.54, 1.807) is 12.1 Å². The van der Waals surface area contributed by atoms with Gasteiger partial charge in [0.2, 0.25) is 5.69 Å². The SMILES string of the molecule is COCCC1(C)C(C=CC(C)=CC=C2N(C(C)(C)CCOC(C)(C)C)c3ccc(S(=O)(=O)O)cc3C2(C)CCCS(=O)(=O)O)=[N+](CCCC(=O)ON2C(=O)CCC2=O)c2ccc(S(=O)(=O)O)cc21. The number of methoxy groups -OCH3 is 1. The summed E-state index contributed by atoms with van der Waals surface area (Å²) in [6.07, 6.45) is 8.39. The average molecular weight is 1010 g/mol. The van der Waals surface area contributed by atoms with Crippen molar-refractivity contribution in [1.29, 1.82) is 0 Å². The molecule has 3 aliphatic rings. The molecule has 5 rings (SSSR count). The van der Waals surface area contributed by atoms with E-state index in [-0.39, 0.29) is 61.5 Å². The quantitative estimate of drug-likeness (QED) is 0.0505. The molecule has 2 unspecified atom stereocenters. The monoisotopic (exact) mass is 1010 g/mol. The molecule has 3 heterocycles. The molecule has 18 nitrogen and oxygen atoms in total. The van der Waals surface area contributed by atoms with Crippen molar-refractivity contribution in [1.82, 2.24) is 5.06 Å². The molecule has 2 atom stereocenters. The van der Waals surface area contributed by atoms with Gasteiger partial charge in [-0.2, -0.15) is 29.8 Å². The number of nitrogens with zero attached hydrogens (tertiary/aromatic N) is 3. The van der Waals surface area contributed by atoms with Crippen LogP contribution >= 0.6 is 0 Å². The first kappa shape index (κ1) is 54.3.